The van der Waals surface area contributed by atoms with Crippen LogP contribution in [0.3, 0.4) is 0 Å². The molecule has 0 aliphatic rings. The number of esters is 1. The van der Waals surface area contributed by atoms with Crippen molar-refractivity contribution in [2.24, 2.45) is 0 Å². The molecule has 0 saturated carbocycles. The third-order valence-corrected chi connectivity index (χ3v) is 2.36. The van der Waals surface area contributed by atoms with E-state index in [1.807, 2.05) is 20.8 Å². The Hall–Kier alpha value is -1.10. The summed E-state index contributed by atoms with van der Waals surface area (Å²) in [4.78, 5) is 24.8. The van der Waals surface area contributed by atoms with Crippen molar-refractivity contribution in [1.82, 2.24) is 4.90 Å². The fourth-order valence-electron chi connectivity index (χ4n) is 1.45. The molecule has 1 amide bonds. The molecule has 0 aromatic rings. The van der Waals surface area contributed by atoms with Crippen molar-refractivity contribution in [3.8, 4) is 0 Å². The molecule has 106 valence electrons. The topological polar surface area (TPSA) is 55.8 Å². The highest BCUT2D eigenvalue weighted by molar-refractivity contribution is 5.82. The molecule has 0 heterocycles. The molecule has 0 rings (SSSR count). The number of carbonyl (C=O) groups excluding carboxylic acids is 2. The Kier molecular flexibility index (Phi) is 9.28. The summed E-state index contributed by atoms with van der Waals surface area (Å²) >= 11 is 0. The molecule has 18 heavy (non-hydrogen) atoms. The highest BCUT2D eigenvalue weighted by Gasteiger charge is 2.20. The molecular weight excluding hydrogens is 234 g/mol. The molecule has 0 unspecified atom stereocenters. The van der Waals surface area contributed by atoms with Crippen LogP contribution in [-0.2, 0) is 19.1 Å². The first-order valence-electron chi connectivity index (χ1n) is 6.55. The van der Waals surface area contributed by atoms with Crippen molar-refractivity contribution >= 4 is 11.9 Å². The van der Waals surface area contributed by atoms with Gasteiger partial charge in [-0.1, -0.05) is 6.92 Å². The van der Waals surface area contributed by atoms with Gasteiger partial charge >= 0.3 is 5.97 Å². The minimum atomic E-state index is -0.367. The van der Waals surface area contributed by atoms with E-state index in [1.54, 1.807) is 6.92 Å². The van der Waals surface area contributed by atoms with Crippen molar-refractivity contribution in [2.75, 3.05) is 26.4 Å². The SMILES string of the molecule is CCCOCCC(=O)N(CC(=O)OCC)C(C)C. The van der Waals surface area contributed by atoms with Crippen LogP contribution in [0.2, 0.25) is 0 Å². The molecule has 0 fully saturated rings. The maximum atomic E-state index is 11.9. The van der Waals surface area contributed by atoms with Crippen LogP contribution in [0.5, 0.6) is 0 Å². The van der Waals surface area contributed by atoms with Crippen LogP contribution in [-0.4, -0.2) is 49.2 Å². The van der Waals surface area contributed by atoms with Gasteiger partial charge in [0.05, 0.1) is 19.6 Å². The minimum Gasteiger partial charge on any atom is -0.465 e. The first kappa shape index (κ1) is 16.9. The second kappa shape index (κ2) is 9.88. The van der Waals surface area contributed by atoms with E-state index in [0.717, 1.165) is 6.42 Å². The number of nitrogens with zero attached hydrogens (tertiary/aromatic N) is 1. The van der Waals surface area contributed by atoms with Crippen molar-refractivity contribution in [3.63, 3.8) is 0 Å². The zero-order chi connectivity index (χ0) is 14.0. The number of amides is 1. The summed E-state index contributed by atoms with van der Waals surface area (Å²) in [5.74, 6) is -0.441. The number of hydrogen-bond acceptors (Lipinski definition) is 4. The molecule has 5 heteroatoms. The lowest BCUT2D eigenvalue weighted by atomic mass is 10.2. The van der Waals surface area contributed by atoms with Crippen LogP contribution in [0.4, 0.5) is 0 Å². The van der Waals surface area contributed by atoms with E-state index in [-0.39, 0.29) is 24.5 Å². The monoisotopic (exact) mass is 259 g/mol. The average molecular weight is 259 g/mol. The minimum absolute atomic E-state index is 0.0120. The Morgan fingerprint density at radius 3 is 2.33 bits per heavy atom. The summed E-state index contributed by atoms with van der Waals surface area (Å²) in [6, 6.07) is -0.0203. The second-order valence-electron chi connectivity index (χ2n) is 4.28. The van der Waals surface area contributed by atoms with Gasteiger partial charge in [-0.2, -0.15) is 0 Å². The Balaban J connectivity index is 4.15. The van der Waals surface area contributed by atoms with Gasteiger partial charge < -0.3 is 14.4 Å². The van der Waals surface area contributed by atoms with Crippen LogP contribution in [0.25, 0.3) is 0 Å². The summed E-state index contributed by atoms with van der Waals surface area (Å²) in [5.41, 5.74) is 0. The van der Waals surface area contributed by atoms with E-state index < -0.39 is 0 Å². The van der Waals surface area contributed by atoms with E-state index in [1.165, 1.54) is 4.90 Å². The standard InChI is InChI=1S/C13H25NO4/c1-5-8-17-9-7-12(15)14(11(3)4)10-13(16)18-6-2/h11H,5-10H2,1-4H3. The molecule has 0 aliphatic heterocycles. The molecule has 0 N–H and O–H groups in total. The van der Waals surface area contributed by atoms with Gasteiger partial charge in [0.1, 0.15) is 6.54 Å². The number of ether oxygens (including phenoxy) is 2. The lowest BCUT2D eigenvalue weighted by Crippen LogP contribution is -2.41. The lowest BCUT2D eigenvalue weighted by Gasteiger charge is -2.25. The fraction of sp³-hybridized carbons (Fsp3) is 0.846. The third kappa shape index (κ3) is 7.27. The molecular formula is C13H25NO4. The van der Waals surface area contributed by atoms with Gasteiger partial charge in [-0.05, 0) is 27.2 Å². The average Bonchev–Trinajstić information content (AvgIpc) is 2.31. The van der Waals surface area contributed by atoms with E-state index in [2.05, 4.69) is 0 Å². The first-order chi connectivity index (χ1) is 8.52. The van der Waals surface area contributed by atoms with E-state index >= 15 is 0 Å². The third-order valence-electron chi connectivity index (χ3n) is 2.36. The molecule has 5 nitrogen and oxygen atoms in total. The highest BCUT2D eigenvalue weighted by atomic mass is 16.5. The van der Waals surface area contributed by atoms with E-state index in [0.29, 0.717) is 26.2 Å². The highest BCUT2D eigenvalue weighted by Crippen LogP contribution is 2.03. The zero-order valence-corrected chi connectivity index (χ0v) is 11.9. The molecule has 0 atom stereocenters. The normalized spacial score (nSPS) is 10.5. The maximum absolute atomic E-state index is 11.9. The van der Waals surface area contributed by atoms with Crippen LogP contribution in [0, 0.1) is 0 Å². The fourth-order valence-corrected chi connectivity index (χ4v) is 1.45. The van der Waals surface area contributed by atoms with Gasteiger partial charge in [0, 0.05) is 12.6 Å². The van der Waals surface area contributed by atoms with Crippen molar-refractivity contribution < 1.29 is 19.1 Å². The van der Waals surface area contributed by atoms with Crippen molar-refractivity contribution in [1.29, 1.82) is 0 Å². The Bertz CT molecular complexity index is 253. The van der Waals surface area contributed by atoms with Gasteiger partial charge in [-0.15, -0.1) is 0 Å². The summed E-state index contributed by atoms with van der Waals surface area (Å²) in [6.45, 7) is 8.93. The first-order valence-corrected chi connectivity index (χ1v) is 6.55. The summed E-state index contributed by atoms with van der Waals surface area (Å²) in [7, 11) is 0. The quantitative estimate of drug-likeness (QED) is 0.466. The number of carbonyl (C=O) groups is 2. The Labute approximate surface area is 109 Å². The smallest absolute Gasteiger partial charge is 0.325 e. The summed E-state index contributed by atoms with van der Waals surface area (Å²) in [6.07, 6.45) is 1.24. The predicted octanol–water partition coefficient (Wildman–Crippen LogP) is 1.60. The Morgan fingerprint density at radius 2 is 1.83 bits per heavy atom. The number of hydrogen-bond donors (Lipinski definition) is 0. The summed E-state index contributed by atoms with van der Waals surface area (Å²) in [5, 5.41) is 0. The van der Waals surface area contributed by atoms with E-state index in [9.17, 15) is 9.59 Å². The summed E-state index contributed by atoms with van der Waals surface area (Å²) < 4.78 is 10.1. The van der Waals surface area contributed by atoms with E-state index in [4.69, 9.17) is 9.47 Å². The molecule has 0 aromatic carbocycles. The van der Waals surface area contributed by atoms with Crippen LogP contribution in [0.15, 0.2) is 0 Å². The molecule has 0 aromatic heterocycles. The van der Waals surface area contributed by atoms with Crippen LogP contribution >= 0.6 is 0 Å². The van der Waals surface area contributed by atoms with Gasteiger partial charge in [0.2, 0.25) is 5.91 Å². The molecule has 0 radical (unpaired) electrons. The van der Waals surface area contributed by atoms with Gasteiger partial charge in [0.25, 0.3) is 0 Å². The van der Waals surface area contributed by atoms with Crippen LogP contribution < -0.4 is 0 Å². The largest absolute Gasteiger partial charge is 0.465 e. The second-order valence-corrected chi connectivity index (χ2v) is 4.28. The van der Waals surface area contributed by atoms with Gasteiger partial charge in [0.15, 0.2) is 0 Å². The maximum Gasteiger partial charge on any atom is 0.325 e. The van der Waals surface area contributed by atoms with Gasteiger partial charge in [-0.3, -0.25) is 9.59 Å². The Morgan fingerprint density at radius 1 is 1.17 bits per heavy atom. The molecule has 0 aliphatic carbocycles. The zero-order valence-electron chi connectivity index (χ0n) is 11.9. The predicted molar refractivity (Wildman–Crippen MR) is 69.2 cm³/mol. The van der Waals surface area contributed by atoms with Crippen molar-refractivity contribution in [3.05, 3.63) is 0 Å². The molecule has 0 spiro atoms. The molecule has 0 saturated heterocycles. The van der Waals surface area contributed by atoms with Crippen molar-refractivity contribution in [2.45, 2.75) is 46.6 Å². The lowest BCUT2D eigenvalue weighted by molar-refractivity contribution is -0.150. The van der Waals surface area contributed by atoms with Gasteiger partial charge in [-0.25, -0.2) is 0 Å². The number of rotatable bonds is 9. The van der Waals surface area contributed by atoms with Crippen LogP contribution in [0.1, 0.15) is 40.5 Å². The molecule has 0 bridgehead atoms.